The molecule has 2 N–H and O–H groups in total. The van der Waals surface area contributed by atoms with Crippen LogP contribution in [0, 0.1) is 0 Å². The number of hydrogen-bond donors (Lipinski definition) is 2. The van der Waals surface area contributed by atoms with Gasteiger partial charge in [-0.05, 0) is 26.0 Å². The van der Waals surface area contributed by atoms with E-state index in [0.29, 0.717) is 6.54 Å². The molecule has 1 heterocycles. The summed E-state index contributed by atoms with van der Waals surface area (Å²) >= 11 is 5.97. The Labute approximate surface area is 131 Å². The molecule has 5 nitrogen and oxygen atoms in total. The Morgan fingerprint density at radius 2 is 1.90 bits per heavy atom. The van der Waals surface area contributed by atoms with Crippen molar-refractivity contribution in [1.82, 2.24) is 4.72 Å². The lowest BCUT2D eigenvalue weighted by molar-refractivity contribution is -0.954. The highest BCUT2D eigenvalue weighted by molar-refractivity contribution is 7.89. The molecule has 1 fully saturated rings. The van der Waals surface area contributed by atoms with Gasteiger partial charge in [-0.3, -0.25) is 0 Å². The van der Waals surface area contributed by atoms with Crippen LogP contribution in [0.2, 0.25) is 5.02 Å². The molecular formula is C14H22ClN2O3S+. The average Bonchev–Trinajstić information content (AvgIpc) is 2.47. The third-order valence-electron chi connectivity index (χ3n) is 3.88. The maximum absolute atomic E-state index is 12.4. The molecule has 0 aliphatic carbocycles. The van der Waals surface area contributed by atoms with E-state index in [4.69, 9.17) is 16.3 Å². The number of rotatable bonds is 5. The van der Waals surface area contributed by atoms with Gasteiger partial charge in [0.15, 0.2) is 0 Å². The molecule has 118 valence electrons. The van der Waals surface area contributed by atoms with Crippen molar-refractivity contribution in [2.45, 2.75) is 24.3 Å². The molecule has 0 spiro atoms. The molecule has 0 atom stereocenters. The Morgan fingerprint density at radius 1 is 1.29 bits per heavy atom. The van der Waals surface area contributed by atoms with E-state index in [0.717, 1.165) is 26.3 Å². The van der Waals surface area contributed by atoms with E-state index in [2.05, 4.69) is 18.6 Å². The van der Waals surface area contributed by atoms with E-state index in [-0.39, 0.29) is 15.5 Å². The summed E-state index contributed by atoms with van der Waals surface area (Å²) in [6.07, 6.45) is 0. The van der Waals surface area contributed by atoms with Gasteiger partial charge >= 0.3 is 0 Å². The first-order chi connectivity index (χ1) is 9.83. The molecule has 1 aromatic rings. The lowest BCUT2D eigenvalue weighted by Crippen LogP contribution is -3.22. The highest BCUT2D eigenvalue weighted by Gasteiger charge is 2.33. The second kappa shape index (κ2) is 6.62. The third kappa shape index (κ3) is 4.17. The molecule has 1 aliphatic rings. The van der Waals surface area contributed by atoms with Gasteiger partial charge < -0.3 is 9.64 Å². The quantitative estimate of drug-likeness (QED) is 0.815. The van der Waals surface area contributed by atoms with Crippen molar-refractivity contribution in [1.29, 1.82) is 0 Å². The van der Waals surface area contributed by atoms with Gasteiger partial charge in [0.05, 0.1) is 24.8 Å². The smallest absolute Gasteiger partial charge is 0.242 e. The number of morpholine rings is 1. The maximum Gasteiger partial charge on any atom is 0.242 e. The highest BCUT2D eigenvalue weighted by Crippen LogP contribution is 2.20. The van der Waals surface area contributed by atoms with E-state index in [1.54, 1.807) is 18.2 Å². The largest absolute Gasteiger partial charge is 0.370 e. The minimum absolute atomic E-state index is 0.124. The number of halogens is 1. The van der Waals surface area contributed by atoms with E-state index in [1.807, 2.05) is 0 Å². The zero-order chi connectivity index (χ0) is 15.5. The normalized spacial score (nSPS) is 17.9. The van der Waals surface area contributed by atoms with E-state index < -0.39 is 10.0 Å². The molecule has 7 heteroatoms. The minimum Gasteiger partial charge on any atom is -0.370 e. The van der Waals surface area contributed by atoms with Crippen molar-refractivity contribution in [3.05, 3.63) is 29.3 Å². The summed E-state index contributed by atoms with van der Waals surface area (Å²) in [7, 11) is -3.59. The van der Waals surface area contributed by atoms with Crippen LogP contribution >= 0.6 is 11.6 Å². The van der Waals surface area contributed by atoms with Crippen LogP contribution in [0.25, 0.3) is 0 Å². The molecule has 0 radical (unpaired) electrons. The molecule has 0 aromatic heterocycles. The molecule has 21 heavy (non-hydrogen) atoms. The van der Waals surface area contributed by atoms with Crippen LogP contribution in [-0.2, 0) is 14.8 Å². The fourth-order valence-electron chi connectivity index (χ4n) is 2.44. The van der Waals surface area contributed by atoms with Gasteiger partial charge in [-0.2, -0.15) is 0 Å². The number of quaternary nitrogens is 1. The van der Waals surface area contributed by atoms with Gasteiger partial charge in [0, 0.05) is 0 Å². The molecule has 1 aliphatic heterocycles. The van der Waals surface area contributed by atoms with E-state index >= 15 is 0 Å². The first-order valence-electron chi connectivity index (χ1n) is 7.00. The molecule has 0 bridgehead atoms. The second-order valence-electron chi connectivity index (χ2n) is 5.85. The number of nitrogens with one attached hydrogen (secondary N) is 2. The standard InChI is InChI=1S/C14H21ClN2O3S/c1-14(2,17-7-9-20-10-8-17)11-16-21(18,19)13-6-4-3-5-12(13)15/h3-6,16H,7-11H2,1-2H3/p+1. The fourth-order valence-corrected chi connectivity index (χ4v) is 4.16. The summed E-state index contributed by atoms with van der Waals surface area (Å²) in [6.45, 7) is 7.69. The van der Waals surface area contributed by atoms with Gasteiger partial charge in [0.1, 0.15) is 23.5 Å². The van der Waals surface area contributed by atoms with Crippen molar-refractivity contribution >= 4 is 21.6 Å². The Morgan fingerprint density at radius 3 is 2.52 bits per heavy atom. The fraction of sp³-hybridized carbons (Fsp3) is 0.571. The minimum atomic E-state index is -3.59. The number of benzene rings is 1. The monoisotopic (exact) mass is 333 g/mol. The van der Waals surface area contributed by atoms with Crippen LogP contribution in [0.5, 0.6) is 0 Å². The van der Waals surface area contributed by atoms with Gasteiger partial charge in [-0.25, -0.2) is 13.1 Å². The predicted octanol–water partition coefficient (Wildman–Crippen LogP) is 0.312. The summed E-state index contributed by atoms with van der Waals surface area (Å²) in [5.74, 6) is 0. The average molecular weight is 334 g/mol. The Balaban J connectivity index is 2.06. The van der Waals surface area contributed by atoms with Crippen LogP contribution in [-0.4, -0.2) is 46.8 Å². The van der Waals surface area contributed by atoms with Crippen LogP contribution in [0.15, 0.2) is 29.2 Å². The van der Waals surface area contributed by atoms with Crippen molar-refractivity contribution < 1.29 is 18.1 Å². The SMILES string of the molecule is CC(C)(CNS(=O)(=O)c1ccccc1Cl)[NH+]1CCOCC1. The summed E-state index contributed by atoms with van der Waals surface area (Å²) in [5, 5.41) is 0.238. The van der Waals surface area contributed by atoms with Crippen molar-refractivity contribution in [3.63, 3.8) is 0 Å². The molecule has 2 rings (SSSR count). The molecule has 1 saturated heterocycles. The first kappa shape index (κ1) is 16.7. The Hall–Kier alpha value is -0.660. The van der Waals surface area contributed by atoms with Gasteiger partial charge in [-0.15, -0.1) is 0 Å². The second-order valence-corrected chi connectivity index (χ2v) is 8.00. The van der Waals surface area contributed by atoms with Crippen LogP contribution in [0.1, 0.15) is 13.8 Å². The summed E-state index contributed by atoms with van der Waals surface area (Å²) < 4.78 is 32.7. The zero-order valence-corrected chi connectivity index (χ0v) is 13.9. The van der Waals surface area contributed by atoms with Crippen molar-refractivity contribution in [2.24, 2.45) is 0 Å². The first-order valence-corrected chi connectivity index (χ1v) is 8.86. The molecule has 0 saturated carbocycles. The van der Waals surface area contributed by atoms with Crippen LogP contribution in [0.3, 0.4) is 0 Å². The zero-order valence-electron chi connectivity index (χ0n) is 12.4. The van der Waals surface area contributed by atoms with E-state index in [1.165, 1.54) is 11.0 Å². The van der Waals surface area contributed by atoms with Crippen molar-refractivity contribution in [2.75, 3.05) is 32.8 Å². The predicted molar refractivity (Wildman–Crippen MR) is 82.2 cm³/mol. The number of hydrogen-bond acceptors (Lipinski definition) is 3. The Bertz CT molecular complexity index is 584. The van der Waals surface area contributed by atoms with Crippen LogP contribution < -0.4 is 9.62 Å². The van der Waals surface area contributed by atoms with E-state index in [9.17, 15) is 8.42 Å². The highest BCUT2D eigenvalue weighted by atomic mass is 35.5. The van der Waals surface area contributed by atoms with Crippen LogP contribution in [0.4, 0.5) is 0 Å². The topological polar surface area (TPSA) is 59.8 Å². The lowest BCUT2D eigenvalue weighted by atomic mass is 10.0. The molecule has 1 aromatic carbocycles. The molecular weight excluding hydrogens is 312 g/mol. The van der Waals surface area contributed by atoms with Gasteiger partial charge in [0.25, 0.3) is 0 Å². The molecule has 0 unspecified atom stereocenters. The van der Waals surface area contributed by atoms with Crippen molar-refractivity contribution in [3.8, 4) is 0 Å². The summed E-state index contributed by atoms with van der Waals surface area (Å²) in [4.78, 5) is 1.47. The summed E-state index contributed by atoms with van der Waals surface area (Å²) in [5.41, 5.74) is -0.196. The maximum atomic E-state index is 12.4. The molecule has 0 amide bonds. The number of sulfonamides is 1. The number of ether oxygens (including phenoxy) is 1. The van der Waals surface area contributed by atoms with Gasteiger partial charge in [0.2, 0.25) is 10.0 Å². The summed E-state index contributed by atoms with van der Waals surface area (Å²) in [6, 6.07) is 6.47. The Kier molecular flexibility index (Phi) is 5.27. The third-order valence-corrected chi connectivity index (χ3v) is 5.78. The lowest BCUT2D eigenvalue weighted by Gasteiger charge is -2.37. The van der Waals surface area contributed by atoms with Gasteiger partial charge in [-0.1, -0.05) is 23.7 Å².